The van der Waals surface area contributed by atoms with Gasteiger partial charge in [-0.3, -0.25) is 4.79 Å². The molecule has 82 valence electrons. The van der Waals surface area contributed by atoms with Crippen molar-refractivity contribution < 1.29 is 45.6 Å². The summed E-state index contributed by atoms with van der Waals surface area (Å²) in [6, 6.07) is 4.93. The summed E-state index contributed by atoms with van der Waals surface area (Å²) >= 11 is 5.90. The van der Waals surface area contributed by atoms with Crippen LogP contribution in [0.1, 0.15) is 6.99 Å². The van der Waals surface area contributed by atoms with Gasteiger partial charge in [0.2, 0.25) is 0 Å². The molecule has 1 rings (SSSR count). The average Bonchev–Trinajstić information content (AvgIpc) is 2.15. The van der Waals surface area contributed by atoms with E-state index in [-0.39, 0.29) is 37.4 Å². The molecule has 5 heteroatoms. The van der Waals surface area contributed by atoms with Crippen molar-refractivity contribution in [3.05, 3.63) is 41.4 Å². The molecule has 0 bridgehead atoms. The smallest absolute Gasteiger partial charge is 1.00 e. The Kier molecular flexibility index (Phi) is 7.51. The van der Waals surface area contributed by atoms with Crippen LogP contribution in [0.3, 0.4) is 0 Å². The first-order valence-electron chi connectivity index (χ1n) is 4.37. The fourth-order valence-corrected chi connectivity index (χ4v) is 1.35. The molecule has 0 unspecified atom stereocenters. The van der Waals surface area contributed by atoms with E-state index in [0.29, 0.717) is 22.9 Å². The topological polar surface area (TPSA) is 46.5 Å². The number of hydrogen-bond acceptors (Lipinski definition) is 2. The third kappa shape index (κ3) is 5.03. The Hall–Kier alpha value is -0.480. The largest absolute Gasteiger partial charge is 1.00 e. The standard InChI is InChI=1S/C11H11ClO3.Na.H/c1-2-5-15-10-4-3-8(6-9(10)12)7-11(13)14;;/h2-4,6H,1,5,7H2,(H,13,14);;/q;+1;-1. The van der Waals surface area contributed by atoms with Gasteiger partial charge >= 0.3 is 35.5 Å². The van der Waals surface area contributed by atoms with Crippen LogP contribution in [0, 0.1) is 0 Å². The van der Waals surface area contributed by atoms with E-state index in [2.05, 4.69) is 6.58 Å². The van der Waals surface area contributed by atoms with Crippen LogP contribution in [-0.2, 0) is 11.2 Å². The van der Waals surface area contributed by atoms with E-state index in [1.807, 2.05) is 0 Å². The van der Waals surface area contributed by atoms with Crippen molar-refractivity contribution in [3.63, 3.8) is 0 Å². The van der Waals surface area contributed by atoms with Gasteiger partial charge in [-0.2, -0.15) is 0 Å². The van der Waals surface area contributed by atoms with Crippen LogP contribution in [0.4, 0.5) is 0 Å². The minimum Gasteiger partial charge on any atom is -1.00 e. The van der Waals surface area contributed by atoms with Gasteiger partial charge in [0.1, 0.15) is 12.4 Å². The van der Waals surface area contributed by atoms with Crippen molar-refractivity contribution in [1.29, 1.82) is 0 Å². The van der Waals surface area contributed by atoms with E-state index in [4.69, 9.17) is 21.4 Å². The van der Waals surface area contributed by atoms with Gasteiger partial charge in [0.05, 0.1) is 11.4 Å². The Bertz CT molecular complexity index is 385. The molecule has 16 heavy (non-hydrogen) atoms. The summed E-state index contributed by atoms with van der Waals surface area (Å²) in [6.45, 7) is 3.89. The summed E-state index contributed by atoms with van der Waals surface area (Å²) in [7, 11) is 0. The summed E-state index contributed by atoms with van der Waals surface area (Å²) in [5.41, 5.74) is 0.651. The molecule has 0 aromatic heterocycles. The molecular weight excluding hydrogens is 239 g/mol. The number of carboxylic acids is 1. The Balaban J connectivity index is 0. The van der Waals surface area contributed by atoms with Crippen LogP contribution in [0.5, 0.6) is 5.75 Å². The molecule has 0 saturated carbocycles. The molecule has 1 aromatic carbocycles. The van der Waals surface area contributed by atoms with Gasteiger partial charge < -0.3 is 11.3 Å². The zero-order valence-electron chi connectivity index (χ0n) is 10.1. The minimum atomic E-state index is -0.883. The number of halogens is 1. The van der Waals surface area contributed by atoms with Crippen LogP contribution in [0.2, 0.25) is 5.02 Å². The molecule has 1 N–H and O–H groups in total. The van der Waals surface area contributed by atoms with E-state index in [0.717, 1.165) is 0 Å². The maximum absolute atomic E-state index is 10.4. The number of rotatable bonds is 5. The SMILES string of the molecule is C=CCOc1ccc(CC(=O)O)cc1Cl.[H-].[Na+]. The quantitative estimate of drug-likeness (QED) is 0.574. The second-order valence-electron chi connectivity index (χ2n) is 2.93. The normalized spacial score (nSPS) is 9.06. The van der Waals surface area contributed by atoms with Crippen LogP contribution in [-0.4, -0.2) is 17.7 Å². The Morgan fingerprint density at radius 3 is 2.81 bits per heavy atom. The van der Waals surface area contributed by atoms with Gasteiger partial charge in [-0.25, -0.2) is 0 Å². The van der Waals surface area contributed by atoms with Gasteiger partial charge in [-0.1, -0.05) is 30.3 Å². The van der Waals surface area contributed by atoms with E-state index >= 15 is 0 Å². The number of carbonyl (C=O) groups is 1. The Labute approximate surface area is 123 Å². The number of ether oxygens (including phenoxy) is 1. The second-order valence-corrected chi connectivity index (χ2v) is 3.34. The summed E-state index contributed by atoms with van der Waals surface area (Å²) in [5, 5.41) is 8.99. The molecule has 3 nitrogen and oxygen atoms in total. The molecular formula is C11H12ClNaO3. The summed E-state index contributed by atoms with van der Waals surface area (Å²) in [5.74, 6) is -0.350. The third-order valence-corrected chi connectivity index (χ3v) is 2.00. The van der Waals surface area contributed by atoms with E-state index in [1.54, 1.807) is 24.3 Å². The molecule has 0 atom stereocenters. The van der Waals surface area contributed by atoms with Gasteiger partial charge in [-0.05, 0) is 17.7 Å². The number of hydrogen-bond donors (Lipinski definition) is 1. The summed E-state index contributed by atoms with van der Waals surface area (Å²) < 4.78 is 5.25. The summed E-state index contributed by atoms with van der Waals surface area (Å²) in [6.07, 6.45) is 1.57. The molecule has 0 heterocycles. The van der Waals surface area contributed by atoms with E-state index in [1.165, 1.54) is 0 Å². The van der Waals surface area contributed by atoms with Crippen molar-refractivity contribution in [1.82, 2.24) is 0 Å². The predicted molar refractivity (Wildman–Crippen MR) is 59.6 cm³/mol. The summed E-state index contributed by atoms with van der Waals surface area (Å²) in [4.78, 5) is 10.4. The maximum Gasteiger partial charge on any atom is 1.00 e. The molecule has 0 aliphatic carbocycles. The number of benzene rings is 1. The molecule has 0 amide bonds. The van der Waals surface area contributed by atoms with Gasteiger partial charge in [0.15, 0.2) is 0 Å². The van der Waals surface area contributed by atoms with Crippen molar-refractivity contribution in [3.8, 4) is 5.75 Å². The van der Waals surface area contributed by atoms with Gasteiger partial charge in [-0.15, -0.1) is 0 Å². The maximum atomic E-state index is 10.4. The van der Waals surface area contributed by atoms with E-state index < -0.39 is 5.97 Å². The van der Waals surface area contributed by atoms with Crippen molar-refractivity contribution >= 4 is 17.6 Å². The Morgan fingerprint density at radius 2 is 2.31 bits per heavy atom. The van der Waals surface area contributed by atoms with Crippen LogP contribution >= 0.6 is 11.6 Å². The first kappa shape index (κ1) is 15.5. The predicted octanol–water partition coefficient (Wildman–Crippen LogP) is -0.352. The monoisotopic (exact) mass is 250 g/mol. The minimum absolute atomic E-state index is 0. The molecule has 1 aromatic rings. The van der Waals surface area contributed by atoms with Crippen LogP contribution in [0.15, 0.2) is 30.9 Å². The molecule has 0 aliphatic rings. The van der Waals surface area contributed by atoms with Crippen molar-refractivity contribution in [2.75, 3.05) is 6.61 Å². The van der Waals surface area contributed by atoms with Crippen molar-refractivity contribution in [2.45, 2.75) is 6.42 Å². The van der Waals surface area contributed by atoms with Gasteiger partial charge in [0, 0.05) is 0 Å². The molecule has 0 aliphatic heterocycles. The number of aliphatic carboxylic acids is 1. The average molecular weight is 251 g/mol. The van der Waals surface area contributed by atoms with E-state index in [9.17, 15) is 4.79 Å². The molecule has 0 fully saturated rings. The van der Waals surface area contributed by atoms with Crippen LogP contribution in [0.25, 0.3) is 0 Å². The Morgan fingerprint density at radius 1 is 1.62 bits per heavy atom. The van der Waals surface area contributed by atoms with Crippen LogP contribution < -0.4 is 34.3 Å². The molecule has 0 saturated heterocycles. The van der Waals surface area contributed by atoms with Crippen molar-refractivity contribution in [2.24, 2.45) is 0 Å². The fraction of sp³-hybridized carbons (Fsp3) is 0.182. The second kappa shape index (κ2) is 7.74. The zero-order valence-corrected chi connectivity index (χ0v) is 11.8. The van der Waals surface area contributed by atoms with Gasteiger partial charge in [0.25, 0.3) is 0 Å². The molecule has 0 radical (unpaired) electrons. The third-order valence-electron chi connectivity index (χ3n) is 1.71. The number of carboxylic acid groups (broad SMARTS) is 1. The first-order chi connectivity index (χ1) is 7.13. The zero-order chi connectivity index (χ0) is 11.3. The fourth-order valence-electron chi connectivity index (χ4n) is 1.09. The molecule has 0 spiro atoms. The first-order valence-corrected chi connectivity index (χ1v) is 4.75.